The second-order valence-electron chi connectivity index (χ2n) is 7.37. The predicted octanol–water partition coefficient (Wildman–Crippen LogP) is 5.37. The largest absolute Gasteiger partial charge is 0.488 e. The maximum Gasteiger partial charge on any atom is 0.262 e. The maximum atomic E-state index is 12.3. The summed E-state index contributed by atoms with van der Waals surface area (Å²) >= 11 is 6.84. The molecule has 0 saturated heterocycles. The first-order valence-electron chi connectivity index (χ1n) is 10.2. The number of aryl methyl sites for hydroxylation is 1. The molecule has 8 heteroatoms. The van der Waals surface area contributed by atoms with Gasteiger partial charge in [-0.2, -0.15) is 5.10 Å². The third-order valence-corrected chi connectivity index (χ3v) is 6.03. The predicted molar refractivity (Wildman–Crippen MR) is 136 cm³/mol. The molecular formula is C25H23Br2N3O3. The van der Waals surface area contributed by atoms with Crippen LogP contribution in [0.25, 0.3) is 0 Å². The Morgan fingerprint density at radius 2 is 1.76 bits per heavy atom. The third-order valence-electron chi connectivity index (χ3n) is 4.72. The average Bonchev–Trinajstić information content (AvgIpc) is 2.79. The molecule has 6 nitrogen and oxygen atoms in total. The Morgan fingerprint density at radius 1 is 1.03 bits per heavy atom. The monoisotopic (exact) mass is 571 g/mol. The number of ether oxygens (including phenoxy) is 1. The van der Waals surface area contributed by atoms with E-state index in [9.17, 15) is 9.59 Å². The van der Waals surface area contributed by atoms with Gasteiger partial charge < -0.3 is 10.1 Å². The minimum atomic E-state index is -0.758. The van der Waals surface area contributed by atoms with E-state index < -0.39 is 11.9 Å². The molecule has 0 aliphatic heterocycles. The molecule has 3 rings (SSSR count). The highest BCUT2D eigenvalue weighted by molar-refractivity contribution is 9.10. The highest BCUT2D eigenvalue weighted by Gasteiger charge is 2.17. The van der Waals surface area contributed by atoms with Crippen molar-refractivity contribution in [3.8, 4) is 5.75 Å². The number of hydrogen-bond donors (Lipinski definition) is 2. The number of hydrazone groups is 1. The van der Waals surface area contributed by atoms with Crippen molar-refractivity contribution in [2.24, 2.45) is 5.10 Å². The summed E-state index contributed by atoms with van der Waals surface area (Å²) < 4.78 is 7.30. The fraction of sp³-hybridized carbons (Fsp3) is 0.160. The number of benzene rings is 3. The van der Waals surface area contributed by atoms with E-state index >= 15 is 0 Å². The highest BCUT2D eigenvalue weighted by atomic mass is 79.9. The molecule has 0 aromatic heterocycles. The maximum absolute atomic E-state index is 12.3. The molecule has 2 N–H and O–H groups in total. The number of nitrogens with zero attached hydrogens (tertiary/aromatic N) is 1. The first kappa shape index (κ1) is 24.7. The molecule has 33 heavy (non-hydrogen) atoms. The van der Waals surface area contributed by atoms with Gasteiger partial charge in [-0.25, -0.2) is 5.43 Å². The van der Waals surface area contributed by atoms with Crippen molar-refractivity contribution >= 4 is 49.9 Å². The number of rotatable bonds is 8. The van der Waals surface area contributed by atoms with Gasteiger partial charge in [0.15, 0.2) is 0 Å². The summed E-state index contributed by atoms with van der Waals surface area (Å²) in [6.07, 6.45) is 1.52. The molecule has 3 aromatic rings. The first-order chi connectivity index (χ1) is 15.8. The molecule has 0 aliphatic rings. The summed E-state index contributed by atoms with van der Waals surface area (Å²) in [4.78, 5) is 24.6. The molecule has 0 saturated carbocycles. The van der Waals surface area contributed by atoms with Gasteiger partial charge in [0.2, 0.25) is 0 Å². The Balaban J connectivity index is 1.51. The molecular weight excluding hydrogens is 550 g/mol. The molecule has 1 unspecified atom stereocenters. The van der Waals surface area contributed by atoms with Crippen LogP contribution in [0.3, 0.4) is 0 Å². The molecule has 0 heterocycles. The Hall–Kier alpha value is -2.97. The number of carbonyl (C=O) groups excluding carboxylic acids is 2. The molecule has 0 spiro atoms. The minimum absolute atomic E-state index is 0.348. The van der Waals surface area contributed by atoms with E-state index in [0.29, 0.717) is 22.4 Å². The molecule has 0 fully saturated rings. The second kappa shape index (κ2) is 11.8. The van der Waals surface area contributed by atoms with Gasteiger partial charge in [-0.1, -0.05) is 42.0 Å². The van der Waals surface area contributed by atoms with Gasteiger partial charge in [-0.3, -0.25) is 9.59 Å². The van der Waals surface area contributed by atoms with Gasteiger partial charge in [-0.15, -0.1) is 0 Å². The van der Waals surface area contributed by atoms with Gasteiger partial charge >= 0.3 is 0 Å². The molecule has 3 aromatic carbocycles. The standard InChI is InChI=1S/C25H23Br2N3O3/c1-16-7-9-18(10-8-16)15-33-23-12-11-19(13-22(23)27)14-28-30-24(31)17(2)29-25(32)20-5-3-4-6-21(20)26/h3-14,17H,15H2,1-2H3,(H,29,32)(H,30,31). The molecule has 1 atom stereocenters. The van der Waals surface area contributed by atoms with Gasteiger partial charge in [0.05, 0.1) is 16.3 Å². The number of halogens is 2. The van der Waals surface area contributed by atoms with Gasteiger partial charge in [-0.05, 0) is 87.2 Å². The van der Waals surface area contributed by atoms with Crippen molar-refractivity contribution in [1.29, 1.82) is 0 Å². The average molecular weight is 573 g/mol. The lowest BCUT2D eigenvalue weighted by atomic mass is 10.2. The SMILES string of the molecule is Cc1ccc(COc2ccc(C=NNC(=O)C(C)NC(=O)c3ccccc3Br)cc2Br)cc1. The lowest BCUT2D eigenvalue weighted by molar-refractivity contribution is -0.122. The normalized spacial score (nSPS) is 11.8. The van der Waals surface area contributed by atoms with Crippen LogP contribution in [0.5, 0.6) is 5.75 Å². The zero-order chi connectivity index (χ0) is 23.8. The van der Waals surface area contributed by atoms with Crippen molar-refractivity contribution in [1.82, 2.24) is 10.7 Å². The van der Waals surface area contributed by atoms with Crippen LogP contribution in [0.1, 0.15) is 34.0 Å². The number of amides is 2. The van der Waals surface area contributed by atoms with E-state index in [1.807, 2.05) is 43.3 Å². The third kappa shape index (κ3) is 7.27. The Kier molecular flexibility index (Phi) is 8.79. The number of nitrogens with one attached hydrogen (secondary N) is 2. The van der Waals surface area contributed by atoms with Crippen molar-refractivity contribution in [2.75, 3.05) is 0 Å². The van der Waals surface area contributed by atoms with Crippen LogP contribution in [-0.4, -0.2) is 24.1 Å². The van der Waals surface area contributed by atoms with Gasteiger partial charge in [0.1, 0.15) is 18.4 Å². The molecule has 0 aliphatic carbocycles. The van der Waals surface area contributed by atoms with E-state index in [1.165, 1.54) is 11.8 Å². The van der Waals surface area contributed by atoms with Crippen molar-refractivity contribution in [3.63, 3.8) is 0 Å². The van der Waals surface area contributed by atoms with Crippen LogP contribution in [0.4, 0.5) is 0 Å². The summed E-state index contributed by atoms with van der Waals surface area (Å²) in [5.41, 5.74) is 5.96. The van der Waals surface area contributed by atoms with E-state index in [2.05, 4.69) is 59.8 Å². The van der Waals surface area contributed by atoms with Crippen LogP contribution >= 0.6 is 31.9 Å². The quantitative estimate of drug-likeness (QED) is 0.281. The molecule has 0 bridgehead atoms. The van der Waals surface area contributed by atoms with Crippen molar-refractivity contribution < 1.29 is 14.3 Å². The zero-order valence-electron chi connectivity index (χ0n) is 18.1. The smallest absolute Gasteiger partial charge is 0.262 e. The van der Waals surface area contributed by atoms with Gasteiger partial charge in [0.25, 0.3) is 11.8 Å². The Morgan fingerprint density at radius 3 is 2.45 bits per heavy atom. The number of hydrogen-bond acceptors (Lipinski definition) is 4. The van der Waals surface area contributed by atoms with E-state index in [1.54, 1.807) is 25.1 Å². The second-order valence-corrected chi connectivity index (χ2v) is 9.08. The minimum Gasteiger partial charge on any atom is -0.488 e. The Labute approximate surface area is 209 Å². The van der Waals surface area contributed by atoms with E-state index in [4.69, 9.17) is 4.74 Å². The van der Waals surface area contributed by atoms with E-state index in [-0.39, 0.29) is 5.91 Å². The lowest BCUT2D eigenvalue weighted by Crippen LogP contribution is -2.43. The summed E-state index contributed by atoms with van der Waals surface area (Å²) in [6.45, 7) is 4.10. The summed E-state index contributed by atoms with van der Waals surface area (Å²) in [5.74, 6) is -0.0665. The summed E-state index contributed by atoms with van der Waals surface area (Å²) in [5, 5.41) is 6.64. The fourth-order valence-electron chi connectivity index (χ4n) is 2.81. The lowest BCUT2D eigenvalue weighted by Gasteiger charge is -2.13. The molecule has 2 amide bonds. The van der Waals surface area contributed by atoms with E-state index in [0.717, 1.165) is 15.6 Å². The topological polar surface area (TPSA) is 79.8 Å². The highest BCUT2D eigenvalue weighted by Crippen LogP contribution is 2.26. The summed E-state index contributed by atoms with van der Waals surface area (Å²) in [7, 11) is 0. The number of carbonyl (C=O) groups is 2. The fourth-order valence-corrected chi connectivity index (χ4v) is 3.79. The molecule has 0 radical (unpaired) electrons. The summed E-state index contributed by atoms with van der Waals surface area (Å²) in [6, 6.07) is 19.9. The van der Waals surface area contributed by atoms with Crippen molar-refractivity contribution in [3.05, 3.63) is 97.9 Å². The zero-order valence-corrected chi connectivity index (χ0v) is 21.3. The van der Waals surface area contributed by atoms with Crippen LogP contribution in [0, 0.1) is 6.92 Å². The van der Waals surface area contributed by atoms with Crippen LogP contribution in [0.2, 0.25) is 0 Å². The first-order valence-corrected chi connectivity index (χ1v) is 11.8. The van der Waals surface area contributed by atoms with Crippen LogP contribution in [-0.2, 0) is 11.4 Å². The van der Waals surface area contributed by atoms with Crippen LogP contribution < -0.4 is 15.5 Å². The Bertz CT molecular complexity index is 1160. The van der Waals surface area contributed by atoms with Gasteiger partial charge in [0, 0.05) is 4.47 Å². The van der Waals surface area contributed by atoms with Crippen molar-refractivity contribution in [2.45, 2.75) is 26.5 Å². The van der Waals surface area contributed by atoms with Crippen LogP contribution in [0.15, 0.2) is 80.8 Å². The molecule has 170 valence electrons.